The third-order valence-corrected chi connectivity index (χ3v) is 2.80. The van der Waals surface area contributed by atoms with Gasteiger partial charge in [-0.15, -0.1) is 0 Å². The average molecular weight is 328 g/mol. The number of halogens is 1. The highest BCUT2D eigenvalue weighted by atomic mass is 35.5. The van der Waals surface area contributed by atoms with Crippen LogP contribution in [0.25, 0.3) is 0 Å². The first kappa shape index (κ1) is 18.1. The van der Waals surface area contributed by atoms with Crippen LogP contribution >= 0.6 is 11.6 Å². The summed E-state index contributed by atoms with van der Waals surface area (Å²) in [6.45, 7) is 6.21. The first-order valence-corrected chi connectivity index (χ1v) is 7.37. The number of hydrogen-bond donors (Lipinski definition) is 3. The maximum atomic E-state index is 11.9. The van der Waals surface area contributed by atoms with E-state index >= 15 is 0 Å². The van der Waals surface area contributed by atoms with Crippen molar-refractivity contribution in [3.63, 3.8) is 0 Å². The maximum Gasteiger partial charge on any atom is 0.407 e. The Labute approximate surface area is 135 Å². The number of alkyl carbamates (subject to hydrolysis) is 1. The largest absolute Gasteiger partial charge is 0.444 e. The molecule has 0 radical (unpaired) electrons. The summed E-state index contributed by atoms with van der Waals surface area (Å²) in [5, 5.41) is 5.83. The van der Waals surface area contributed by atoms with Crippen LogP contribution in [-0.4, -0.2) is 30.7 Å². The number of nitrogen functional groups attached to an aromatic ring is 1. The molecule has 0 bridgehead atoms. The summed E-state index contributed by atoms with van der Waals surface area (Å²) in [4.78, 5) is 23.3. The number of nitrogens with two attached hydrogens (primary N) is 1. The number of amides is 2. The number of nitrogens with one attached hydrogen (secondary N) is 2. The lowest BCUT2D eigenvalue weighted by molar-refractivity contribution is 0.0527. The van der Waals surface area contributed by atoms with Crippen molar-refractivity contribution < 1.29 is 14.3 Å². The van der Waals surface area contributed by atoms with Crippen molar-refractivity contribution in [2.24, 2.45) is 0 Å². The van der Waals surface area contributed by atoms with Crippen LogP contribution in [0.15, 0.2) is 18.2 Å². The van der Waals surface area contributed by atoms with Gasteiger partial charge in [-0.3, -0.25) is 4.79 Å². The fourth-order valence-corrected chi connectivity index (χ4v) is 1.81. The van der Waals surface area contributed by atoms with Gasteiger partial charge in [-0.05, 0) is 45.4 Å². The van der Waals surface area contributed by atoms with E-state index in [0.717, 1.165) is 0 Å². The van der Waals surface area contributed by atoms with Gasteiger partial charge in [0, 0.05) is 23.8 Å². The van der Waals surface area contributed by atoms with E-state index in [0.29, 0.717) is 35.8 Å². The van der Waals surface area contributed by atoms with E-state index in [1.165, 1.54) is 6.07 Å². The van der Waals surface area contributed by atoms with Crippen molar-refractivity contribution in [1.29, 1.82) is 0 Å². The van der Waals surface area contributed by atoms with Crippen molar-refractivity contribution in [3.8, 4) is 0 Å². The SMILES string of the molecule is CC(C)(C)OC(=O)NCCCNC(=O)c1ccc(Cl)cc1N. The molecule has 1 rings (SSSR count). The van der Waals surface area contributed by atoms with Gasteiger partial charge < -0.3 is 21.1 Å². The summed E-state index contributed by atoms with van der Waals surface area (Å²) in [6.07, 6.45) is 0.110. The van der Waals surface area contributed by atoms with Crippen LogP contribution in [0.4, 0.5) is 10.5 Å². The molecule has 0 spiro atoms. The van der Waals surface area contributed by atoms with Crippen LogP contribution in [0, 0.1) is 0 Å². The number of anilines is 1. The second-order valence-corrected chi connectivity index (χ2v) is 6.21. The third kappa shape index (κ3) is 6.67. The molecular weight excluding hydrogens is 306 g/mol. The molecule has 0 aromatic heterocycles. The van der Waals surface area contributed by atoms with Crippen molar-refractivity contribution in [2.75, 3.05) is 18.8 Å². The molecule has 0 saturated carbocycles. The fraction of sp³-hybridized carbons (Fsp3) is 0.467. The van der Waals surface area contributed by atoms with E-state index in [9.17, 15) is 9.59 Å². The molecule has 122 valence electrons. The number of carbonyl (C=O) groups excluding carboxylic acids is 2. The predicted octanol–water partition coefficient (Wildman–Crippen LogP) is 2.57. The summed E-state index contributed by atoms with van der Waals surface area (Å²) >= 11 is 5.78. The summed E-state index contributed by atoms with van der Waals surface area (Å²) in [7, 11) is 0. The molecule has 6 nitrogen and oxygen atoms in total. The van der Waals surface area contributed by atoms with Gasteiger partial charge in [0.05, 0.1) is 5.56 Å². The Morgan fingerprint density at radius 1 is 1.23 bits per heavy atom. The number of rotatable bonds is 5. The molecule has 2 amide bonds. The van der Waals surface area contributed by atoms with Crippen LogP contribution in [0.1, 0.15) is 37.6 Å². The Balaban J connectivity index is 2.27. The highest BCUT2D eigenvalue weighted by molar-refractivity contribution is 6.31. The highest BCUT2D eigenvalue weighted by Gasteiger charge is 2.15. The lowest BCUT2D eigenvalue weighted by Gasteiger charge is -2.19. The number of carbonyl (C=O) groups is 2. The second-order valence-electron chi connectivity index (χ2n) is 5.77. The summed E-state index contributed by atoms with van der Waals surface area (Å²) in [5.41, 5.74) is 5.92. The average Bonchev–Trinajstić information content (AvgIpc) is 2.35. The zero-order valence-corrected chi connectivity index (χ0v) is 13.8. The van der Waals surface area contributed by atoms with E-state index in [-0.39, 0.29) is 5.91 Å². The molecule has 1 aromatic rings. The van der Waals surface area contributed by atoms with Crippen LogP contribution < -0.4 is 16.4 Å². The van der Waals surface area contributed by atoms with E-state index in [2.05, 4.69) is 10.6 Å². The topological polar surface area (TPSA) is 93.5 Å². The lowest BCUT2D eigenvalue weighted by atomic mass is 10.1. The van der Waals surface area contributed by atoms with Gasteiger partial charge in [-0.25, -0.2) is 4.79 Å². The molecule has 0 unspecified atom stereocenters. The van der Waals surface area contributed by atoms with Crippen LogP contribution in [0.2, 0.25) is 5.02 Å². The van der Waals surface area contributed by atoms with Crippen LogP contribution in [0.3, 0.4) is 0 Å². The van der Waals surface area contributed by atoms with Crippen molar-refractivity contribution in [3.05, 3.63) is 28.8 Å². The van der Waals surface area contributed by atoms with Crippen molar-refractivity contribution >= 4 is 29.3 Å². The minimum Gasteiger partial charge on any atom is -0.444 e. The Kier molecular flexibility index (Phi) is 6.49. The Morgan fingerprint density at radius 3 is 2.45 bits per heavy atom. The van der Waals surface area contributed by atoms with E-state index in [1.54, 1.807) is 32.9 Å². The molecule has 0 aliphatic rings. The van der Waals surface area contributed by atoms with Crippen LogP contribution in [-0.2, 0) is 4.74 Å². The molecule has 0 saturated heterocycles. The minimum atomic E-state index is -0.523. The first-order chi connectivity index (χ1) is 10.2. The Morgan fingerprint density at radius 2 is 1.86 bits per heavy atom. The van der Waals surface area contributed by atoms with Crippen molar-refractivity contribution in [2.45, 2.75) is 32.8 Å². The van der Waals surface area contributed by atoms with E-state index in [4.69, 9.17) is 22.1 Å². The second kappa shape index (κ2) is 7.89. The lowest BCUT2D eigenvalue weighted by Crippen LogP contribution is -2.34. The molecule has 1 aromatic carbocycles. The fourth-order valence-electron chi connectivity index (χ4n) is 1.63. The normalized spacial score (nSPS) is 10.9. The molecule has 0 aliphatic carbocycles. The van der Waals surface area contributed by atoms with Gasteiger partial charge in [-0.2, -0.15) is 0 Å². The minimum absolute atomic E-state index is 0.272. The molecular formula is C15H22ClN3O3. The molecule has 0 atom stereocenters. The van der Waals surface area contributed by atoms with Gasteiger partial charge in [0.15, 0.2) is 0 Å². The summed E-state index contributed by atoms with van der Waals surface area (Å²) in [5.74, 6) is -0.272. The first-order valence-electron chi connectivity index (χ1n) is 6.99. The molecule has 0 heterocycles. The summed E-state index contributed by atoms with van der Waals surface area (Å²) < 4.78 is 5.10. The number of hydrogen-bond acceptors (Lipinski definition) is 4. The maximum absolute atomic E-state index is 11.9. The molecule has 22 heavy (non-hydrogen) atoms. The molecule has 0 aliphatic heterocycles. The zero-order valence-electron chi connectivity index (χ0n) is 13.0. The Hall–Kier alpha value is -1.95. The van der Waals surface area contributed by atoms with Gasteiger partial charge in [0.1, 0.15) is 5.60 Å². The zero-order chi connectivity index (χ0) is 16.8. The number of benzene rings is 1. The van der Waals surface area contributed by atoms with Crippen molar-refractivity contribution in [1.82, 2.24) is 10.6 Å². The monoisotopic (exact) mass is 327 g/mol. The quantitative estimate of drug-likeness (QED) is 0.572. The molecule has 0 fully saturated rings. The summed E-state index contributed by atoms with van der Waals surface area (Å²) in [6, 6.07) is 4.71. The van der Waals surface area contributed by atoms with Gasteiger partial charge in [0.25, 0.3) is 5.91 Å². The van der Waals surface area contributed by atoms with E-state index < -0.39 is 11.7 Å². The standard InChI is InChI=1S/C15H22ClN3O3/c1-15(2,3)22-14(21)19-8-4-7-18-13(20)11-6-5-10(16)9-12(11)17/h5-6,9H,4,7-8,17H2,1-3H3,(H,18,20)(H,19,21). The molecule has 7 heteroatoms. The third-order valence-electron chi connectivity index (χ3n) is 2.57. The van der Waals surface area contributed by atoms with Gasteiger partial charge in [-0.1, -0.05) is 11.6 Å². The number of ether oxygens (including phenoxy) is 1. The van der Waals surface area contributed by atoms with Gasteiger partial charge >= 0.3 is 6.09 Å². The van der Waals surface area contributed by atoms with E-state index in [1.807, 2.05) is 0 Å². The molecule has 4 N–H and O–H groups in total. The van der Waals surface area contributed by atoms with Crippen LogP contribution in [0.5, 0.6) is 0 Å². The Bertz CT molecular complexity index is 541. The smallest absolute Gasteiger partial charge is 0.407 e. The highest BCUT2D eigenvalue weighted by Crippen LogP contribution is 2.17. The predicted molar refractivity (Wildman–Crippen MR) is 87.1 cm³/mol. The van der Waals surface area contributed by atoms with Gasteiger partial charge in [0.2, 0.25) is 0 Å².